The zero-order valence-electron chi connectivity index (χ0n) is 21.5. The number of benzene rings is 5. The van der Waals surface area contributed by atoms with Gasteiger partial charge in [-0.2, -0.15) is 0 Å². The van der Waals surface area contributed by atoms with Crippen LogP contribution < -0.4 is 0 Å². The predicted octanol–water partition coefficient (Wildman–Crippen LogP) is 7.11. The third-order valence-corrected chi connectivity index (χ3v) is 8.19. The summed E-state index contributed by atoms with van der Waals surface area (Å²) in [6, 6.07) is 44.1. The lowest BCUT2D eigenvalue weighted by molar-refractivity contribution is -0.137. The molecule has 0 aromatic heterocycles. The van der Waals surface area contributed by atoms with E-state index in [9.17, 15) is 19.0 Å². The van der Waals surface area contributed by atoms with E-state index in [1.54, 1.807) is 140 Å². The molecule has 0 saturated carbocycles. The molecule has 0 aliphatic rings. The minimum atomic E-state index is -5.24. The average Bonchev–Trinajstić information content (AvgIpc) is 3.00. The van der Waals surface area contributed by atoms with Gasteiger partial charge in [-0.05, 0) is 27.8 Å². The van der Waals surface area contributed by atoms with Crippen LogP contribution >= 0.6 is 7.60 Å². The molecule has 0 spiro atoms. The van der Waals surface area contributed by atoms with Crippen LogP contribution in [0.25, 0.3) is 0 Å². The van der Waals surface area contributed by atoms with E-state index in [0.717, 1.165) is 0 Å². The molecule has 5 nitrogen and oxygen atoms in total. The number of hydrogen-bond donors (Lipinski definition) is 1. The van der Waals surface area contributed by atoms with Crippen LogP contribution in [0, 0.1) is 0 Å². The number of hydrogen-bond acceptors (Lipinski definition) is 4. The maximum atomic E-state index is 14.5. The molecule has 0 bridgehead atoms. The summed E-state index contributed by atoms with van der Waals surface area (Å²) < 4.78 is 19.4. The third-order valence-electron chi connectivity index (χ3n) is 6.91. The van der Waals surface area contributed by atoms with E-state index in [-0.39, 0.29) is 0 Å². The Morgan fingerprint density at radius 2 is 0.850 bits per heavy atom. The van der Waals surface area contributed by atoms with Gasteiger partial charge in [0.25, 0.3) is 5.52 Å². The Bertz CT molecular complexity index is 1490. The van der Waals surface area contributed by atoms with Gasteiger partial charge in [0.15, 0.2) is 0 Å². The quantitative estimate of drug-likeness (QED) is 0.157. The number of carbonyl (C=O) groups excluding carboxylic acids is 2. The molecule has 6 heteroatoms. The van der Waals surface area contributed by atoms with Crippen LogP contribution in [0.4, 0.5) is 0 Å². The first-order valence-electron chi connectivity index (χ1n) is 12.8. The highest BCUT2D eigenvalue weighted by atomic mass is 31.2. The second-order valence-corrected chi connectivity index (χ2v) is 11.0. The lowest BCUT2D eigenvalue weighted by atomic mass is 9.70. The summed E-state index contributed by atoms with van der Waals surface area (Å²) in [6.07, 6.45) is 0. The first-order chi connectivity index (χ1) is 19.4. The van der Waals surface area contributed by atoms with E-state index in [2.05, 4.69) is 0 Å². The highest BCUT2D eigenvalue weighted by Crippen LogP contribution is 2.55. The Hall–Kier alpha value is -4.57. The van der Waals surface area contributed by atoms with E-state index in [1.807, 2.05) is 12.1 Å². The number of carbonyl (C=O) groups is 2. The van der Waals surface area contributed by atoms with Crippen LogP contribution in [-0.2, 0) is 24.1 Å². The van der Waals surface area contributed by atoms with Gasteiger partial charge in [0.05, 0.1) is 0 Å². The monoisotopic (exact) mass is 546 g/mol. The topological polar surface area (TPSA) is 80.7 Å². The molecule has 1 unspecified atom stereocenters. The molecular weight excluding hydrogens is 519 g/mol. The molecule has 1 N–H and O–H groups in total. The Morgan fingerprint density at radius 1 is 0.550 bits per heavy atom. The summed E-state index contributed by atoms with van der Waals surface area (Å²) >= 11 is 0. The standard InChI is InChI=1S/C34H27O5P/c35-32(31(26-16-6-1-7-17-26)27-18-8-2-9-19-27)39-40(37,38)33(36)34(28-20-10-3-11-21-28,29-22-12-4-13-23-29)30-24-14-5-15-25-30/h1-25,31H,(H,37,38). The lowest BCUT2D eigenvalue weighted by Gasteiger charge is -2.35. The van der Waals surface area contributed by atoms with Crippen molar-refractivity contribution >= 4 is 19.1 Å². The van der Waals surface area contributed by atoms with Crippen molar-refractivity contribution in [2.24, 2.45) is 0 Å². The molecule has 0 aliphatic carbocycles. The number of rotatable bonds is 9. The van der Waals surface area contributed by atoms with Crippen molar-refractivity contribution in [3.63, 3.8) is 0 Å². The van der Waals surface area contributed by atoms with Gasteiger partial charge >= 0.3 is 13.6 Å². The Kier molecular flexibility index (Phi) is 7.88. The smallest absolute Gasteiger partial charge is 0.386 e. The Morgan fingerprint density at radius 3 is 1.18 bits per heavy atom. The van der Waals surface area contributed by atoms with E-state index < -0.39 is 30.4 Å². The van der Waals surface area contributed by atoms with Gasteiger partial charge in [0.1, 0.15) is 11.3 Å². The second kappa shape index (κ2) is 11.7. The summed E-state index contributed by atoms with van der Waals surface area (Å²) in [6.45, 7) is 0. The second-order valence-electron chi connectivity index (χ2n) is 9.34. The predicted molar refractivity (Wildman–Crippen MR) is 155 cm³/mol. The Labute approximate surface area is 233 Å². The molecule has 5 aromatic rings. The van der Waals surface area contributed by atoms with Crippen molar-refractivity contribution in [3.05, 3.63) is 179 Å². The first kappa shape index (κ1) is 27.0. The molecule has 40 heavy (non-hydrogen) atoms. The molecule has 0 fully saturated rings. The van der Waals surface area contributed by atoms with Crippen molar-refractivity contribution in [1.29, 1.82) is 0 Å². The summed E-state index contributed by atoms with van der Waals surface area (Å²) in [5, 5.41) is 0. The van der Waals surface area contributed by atoms with E-state index in [0.29, 0.717) is 27.8 Å². The third kappa shape index (κ3) is 5.17. The minimum absolute atomic E-state index is 0.477. The zero-order valence-corrected chi connectivity index (χ0v) is 22.4. The van der Waals surface area contributed by atoms with Crippen LogP contribution in [-0.4, -0.2) is 16.4 Å². The molecule has 1 atom stereocenters. The van der Waals surface area contributed by atoms with Gasteiger partial charge in [-0.1, -0.05) is 152 Å². The highest BCUT2D eigenvalue weighted by Gasteiger charge is 2.54. The highest BCUT2D eigenvalue weighted by molar-refractivity contribution is 7.71. The van der Waals surface area contributed by atoms with Gasteiger partial charge in [0.2, 0.25) is 0 Å². The van der Waals surface area contributed by atoms with E-state index in [4.69, 9.17) is 4.52 Å². The van der Waals surface area contributed by atoms with Gasteiger partial charge in [-0.3, -0.25) is 9.59 Å². The maximum absolute atomic E-state index is 14.5. The molecule has 0 saturated heterocycles. The van der Waals surface area contributed by atoms with Crippen LogP contribution in [0.5, 0.6) is 0 Å². The fraction of sp³-hybridized carbons (Fsp3) is 0.0588. The summed E-state index contributed by atoms with van der Waals surface area (Å²) in [5.74, 6) is -1.99. The molecule has 0 aliphatic heterocycles. The van der Waals surface area contributed by atoms with Gasteiger partial charge in [0, 0.05) is 0 Å². The fourth-order valence-electron chi connectivity index (χ4n) is 5.12. The Balaban J connectivity index is 1.64. The van der Waals surface area contributed by atoms with Crippen molar-refractivity contribution in [1.82, 2.24) is 0 Å². The van der Waals surface area contributed by atoms with Crippen molar-refractivity contribution in [2.75, 3.05) is 0 Å². The largest absolute Gasteiger partial charge is 0.447 e. The SMILES string of the molecule is O=C(OP(=O)(O)C(=O)C(c1ccccc1)(c1ccccc1)c1ccccc1)C(c1ccccc1)c1ccccc1. The normalized spacial score (nSPS) is 12.8. The molecule has 0 heterocycles. The summed E-state index contributed by atoms with van der Waals surface area (Å²) in [4.78, 5) is 39.6. The fourth-order valence-corrected chi connectivity index (χ4v) is 6.36. The summed E-state index contributed by atoms with van der Waals surface area (Å²) in [5.41, 5.74) is -0.250. The molecule has 0 radical (unpaired) electrons. The zero-order chi connectivity index (χ0) is 28.0. The van der Waals surface area contributed by atoms with Crippen molar-refractivity contribution < 1.29 is 23.6 Å². The lowest BCUT2D eigenvalue weighted by Crippen LogP contribution is -2.39. The molecule has 198 valence electrons. The van der Waals surface area contributed by atoms with Gasteiger partial charge in [-0.25, -0.2) is 4.57 Å². The van der Waals surface area contributed by atoms with E-state index in [1.165, 1.54) is 0 Å². The molecule has 0 amide bonds. The van der Waals surface area contributed by atoms with E-state index >= 15 is 0 Å². The maximum Gasteiger partial charge on any atom is 0.447 e. The van der Waals surface area contributed by atoms with Crippen LogP contribution in [0.3, 0.4) is 0 Å². The van der Waals surface area contributed by atoms with Crippen molar-refractivity contribution in [2.45, 2.75) is 11.3 Å². The molecule has 5 aromatic carbocycles. The molecular formula is C34H27O5P. The molecule has 5 rings (SSSR count). The van der Waals surface area contributed by atoms with Crippen LogP contribution in [0.15, 0.2) is 152 Å². The minimum Gasteiger partial charge on any atom is -0.386 e. The van der Waals surface area contributed by atoms with Crippen molar-refractivity contribution in [3.8, 4) is 0 Å². The summed E-state index contributed by atoms with van der Waals surface area (Å²) in [7, 11) is -5.24. The first-order valence-corrected chi connectivity index (χ1v) is 14.4. The van der Waals surface area contributed by atoms with Crippen LogP contribution in [0.2, 0.25) is 0 Å². The van der Waals surface area contributed by atoms with Gasteiger partial charge in [-0.15, -0.1) is 0 Å². The average molecular weight is 547 g/mol. The van der Waals surface area contributed by atoms with Gasteiger partial charge < -0.3 is 9.42 Å². The van der Waals surface area contributed by atoms with Crippen LogP contribution in [0.1, 0.15) is 33.7 Å².